The van der Waals surface area contributed by atoms with Crippen molar-refractivity contribution in [3.8, 4) is 0 Å². The van der Waals surface area contributed by atoms with Crippen LogP contribution in [0.2, 0.25) is 0 Å². The van der Waals surface area contributed by atoms with Crippen LogP contribution in [0, 0.1) is 5.92 Å². The number of carbonyl (C=O) groups excluding carboxylic acids is 1. The van der Waals surface area contributed by atoms with Gasteiger partial charge in [0.25, 0.3) is 0 Å². The molecule has 1 aliphatic carbocycles. The van der Waals surface area contributed by atoms with E-state index in [1.807, 2.05) is 12.2 Å². The first-order chi connectivity index (χ1) is 7.65. The summed E-state index contributed by atoms with van der Waals surface area (Å²) >= 11 is 0. The SMILES string of the molecule is C=CCOC(=O)N[C@H]1CC=CC[C@H]1C(=O)O. The second-order valence-corrected chi connectivity index (χ2v) is 3.53. The Morgan fingerprint density at radius 2 is 2.19 bits per heavy atom. The number of allylic oxidation sites excluding steroid dienone is 1. The molecule has 5 nitrogen and oxygen atoms in total. The van der Waals surface area contributed by atoms with E-state index in [0.29, 0.717) is 12.8 Å². The van der Waals surface area contributed by atoms with Crippen molar-refractivity contribution in [3.05, 3.63) is 24.8 Å². The Kier molecular flexibility index (Phi) is 4.57. The molecule has 16 heavy (non-hydrogen) atoms. The zero-order chi connectivity index (χ0) is 12.0. The third kappa shape index (κ3) is 3.42. The summed E-state index contributed by atoms with van der Waals surface area (Å²) in [5.41, 5.74) is 0. The largest absolute Gasteiger partial charge is 0.481 e. The van der Waals surface area contributed by atoms with Gasteiger partial charge in [-0.1, -0.05) is 24.8 Å². The average molecular weight is 225 g/mol. The Hall–Kier alpha value is -1.78. The molecule has 0 saturated heterocycles. The van der Waals surface area contributed by atoms with Crippen LogP contribution >= 0.6 is 0 Å². The fourth-order valence-electron chi connectivity index (χ4n) is 1.57. The van der Waals surface area contributed by atoms with Crippen molar-refractivity contribution in [2.45, 2.75) is 18.9 Å². The normalized spacial score (nSPS) is 23.5. The number of carboxylic acids is 1. The fraction of sp³-hybridized carbons (Fsp3) is 0.455. The molecular formula is C11H15NO4. The van der Waals surface area contributed by atoms with E-state index in [1.54, 1.807) is 0 Å². The van der Waals surface area contributed by atoms with Crippen LogP contribution in [0.5, 0.6) is 0 Å². The maximum atomic E-state index is 11.2. The molecule has 2 atom stereocenters. The Balaban J connectivity index is 2.50. The molecule has 0 saturated carbocycles. The van der Waals surface area contributed by atoms with E-state index < -0.39 is 24.0 Å². The second kappa shape index (κ2) is 5.95. The van der Waals surface area contributed by atoms with Crippen molar-refractivity contribution < 1.29 is 19.4 Å². The summed E-state index contributed by atoms with van der Waals surface area (Å²) in [7, 11) is 0. The number of nitrogens with one attached hydrogen (secondary N) is 1. The van der Waals surface area contributed by atoms with Crippen molar-refractivity contribution in [2.24, 2.45) is 5.92 Å². The van der Waals surface area contributed by atoms with E-state index in [4.69, 9.17) is 9.84 Å². The number of alkyl carbamates (subject to hydrolysis) is 1. The van der Waals surface area contributed by atoms with Gasteiger partial charge in [0.2, 0.25) is 0 Å². The number of hydrogen-bond donors (Lipinski definition) is 2. The van der Waals surface area contributed by atoms with Crippen LogP contribution in [0.25, 0.3) is 0 Å². The molecule has 5 heteroatoms. The first kappa shape index (κ1) is 12.3. The molecule has 0 heterocycles. The van der Waals surface area contributed by atoms with Crippen LogP contribution < -0.4 is 5.32 Å². The first-order valence-corrected chi connectivity index (χ1v) is 5.07. The van der Waals surface area contributed by atoms with Gasteiger partial charge in [0, 0.05) is 6.04 Å². The van der Waals surface area contributed by atoms with Crippen molar-refractivity contribution in [2.75, 3.05) is 6.61 Å². The molecule has 0 unspecified atom stereocenters. The summed E-state index contributed by atoms with van der Waals surface area (Å²) < 4.78 is 4.74. The van der Waals surface area contributed by atoms with Crippen LogP contribution in [0.15, 0.2) is 24.8 Å². The molecule has 0 aromatic carbocycles. The molecule has 1 amide bonds. The highest BCUT2D eigenvalue weighted by Crippen LogP contribution is 2.19. The molecule has 0 radical (unpaired) electrons. The van der Waals surface area contributed by atoms with Gasteiger partial charge in [0.15, 0.2) is 0 Å². The van der Waals surface area contributed by atoms with Crippen LogP contribution in [-0.2, 0) is 9.53 Å². The number of amides is 1. The Bertz CT molecular complexity index is 311. The molecule has 0 spiro atoms. The van der Waals surface area contributed by atoms with E-state index in [2.05, 4.69) is 11.9 Å². The monoisotopic (exact) mass is 225 g/mol. The van der Waals surface area contributed by atoms with E-state index in [-0.39, 0.29) is 6.61 Å². The number of aliphatic carboxylic acids is 1. The van der Waals surface area contributed by atoms with E-state index in [9.17, 15) is 9.59 Å². The third-order valence-corrected chi connectivity index (χ3v) is 2.39. The topological polar surface area (TPSA) is 75.6 Å². The van der Waals surface area contributed by atoms with Gasteiger partial charge in [-0.2, -0.15) is 0 Å². The lowest BCUT2D eigenvalue weighted by atomic mass is 9.89. The van der Waals surface area contributed by atoms with E-state index in [0.717, 1.165) is 0 Å². The fourth-order valence-corrected chi connectivity index (χ4v) is 1.57. The maximum absolute atomic E-state index is 11.2. The summed E-state index contributed by atoms with van der Waals surface area (Å²) in [6.07, 6.45) is 5.47. The molecule has 0 aromatic heterocycles. The highest BCUT2D eigenvalue weighted by molar-refractivity contribution is 5.74. The standard InChI is InChI=1S/C11H15NO4/c1-2-7-16-11(15)12-9-6-4-3-5-8(9)10(13)14/h2-4,8-9H,1,5-7H2,(H,12,15)(H,13,14)/t8-,9+/m1/s1. The van der Waals surface area contributed by atoms with Crippen molar-refractivity contribution in [1.82, 2.24) is 5.32 Å². The smallest absolute Gasteiger partial charge is 0.407 e. The molecule has 88 valence electrons. The molecule has 0 aliphatic heterocycles. The van der Waals surface area contributed by atoms with Crippen LogP contribution in [0.4, 0.5) is 4.79 Å². The zero-order valence-corrected chi connectivity index (χ0v) is 8.89. The summed E-state index contributed by atoms with van der Waals surface area (Å²) in [6, 6.07) is -0.403. The van der Waals surface area contributed by atoms with E-state index in [1.165, 1.54) is 6.08 Å². The molecule has 0 bridgehead atoms. The zero-order valence-electron chi connectivity index (χ0n) is 8.89. The first-order valence-electron chi connectivity index (χ1n) is 5.07. The van der Waals surface area contributed by atoms with Gasteiger partial charge in [0.1, 0.15) is 6.61 Å². The van der Waals surface area contributed by atoms with Crippen LogP contribution in [0.1, 0.15) is 12.8 Å². The summed E-state index contributed by atoms with van der Waals surface area (Å²) in [5.74, 6) is -1.49. The quantitative estimate of drug-likeness (QED) is 0.707. The molecule has 1 aliphatic rings. The number of carboxylic acid groups (broad SMARTS) is 1. The van der Waals surface area contributed by atoms with Crippen molar-refractivity contribution in [3.63, 3.8) is 0 Å². The van der Waals surface area contributed by atoms with Gasteiger partial charge in [0.05, 0.1) is 5.92 Å². The third-order valence-electron chi connectivity index (χ3n) is 2.39. The van der Waals surface area contributed by atoms with Gasteiger partial charge >= 0.3 is 12.1 Å². The highest BCUT2D eigenvalue weighted by Gasteiger charge is 2.29. The van der Waals surface area contributed by atoms with Gasteiger partial charge in [-0.15, -0.1) is 0 Å². The minimum Gasteiger partial charge on any atom is -0.481 e. The molecule has 1 rings (SSSR count). The van der Waals surface area contributed by atoms with Gasteiger partial charge in [-0.25, -0.2) is 4.79 Å². The summed E-state index contributed by atoms with van der Waals surface area (Å²) in [4.78, 5) is 22.2. The second-order valence-electron chi connectivity index (χ2n) is 3.53. The van der Waals surface area contributed by atoms with Crippen molar-refractivity contribution in [1.29, 1.82) is 0 Å². The van der Waals surface area contributed by atoms with Gasteiger partial charge in [-0.05, 0) is 12.8 Å². The maximum Gasteiger partial charge on any atom is 0.407 e. The summed E-state index contributed by atoms with van der Waals surface area (Å²) in [5, 5.41) is 11.5. The van der Waals surface area contributed by atoms with Gasteiger partial charge in [-0.3, -0.25) is 4.79 Å². The Labute approximate surface area is 93.8 Å². The molecule has 0 fully saturated rings. The number of carbonyl (C=O) groups is 2. The average Bonchev–Trinajstić information content (AvgIpc) is 2.27. The molecule has 0 aromatic rings. The Morgan fingerprint density at radius 3 is 2.81 bits per heavy atom. The highest BCUT2D eigenvalue weighted by atomic mass is 16.5. The lowest BCUT2D eigenvalue weighted by molar-refractivity contribution is -0.142. The Morgan fingerprint density at radius 1 is 1.50 bits per heavy atom. The number of hydrogen-bond acceptors (Lipinski definition) is 3. The number of ether oxygens (including phenoxy) is 1. The molecule has 2 N–H and O–H groups in total. The summed E-state index contributed by atoms with van der Waals surface area (Å²) in [6.45, 7) is 3.53. The number of rotatable bonds is 4. The predicted molar refractivity (Wildman–Crippen MR) is 58.0 cm³/mol. The van der Waals surface area contributed by atoms with E-state index >= 15 is 0 Å². The lowest BCUT2D eigenvalue weighted by Gasteiger charge is -2.25. The lowest BCUT2D eigenvalue weighted by Crippen LogP contribution is -2.44. The van der Waals surface area contributed by atoms with Crippen LogP contribution in [-0.4, -0.2) is 29.8 Å². The molecular weight excluding hydrogens is 210 g/mol. The minimum atomic E-state index is -0.904. The predicted octanol–water partition coefficient (Wildman–Crippen LogP) is 1.32. The van der Waals surface area contributed by atoms with Gasteiger partial charge < -0.3 is 15.2 Å². The van der Waals surface area contributed by atoms with Crippen molar-refractivity contribution >= 4 is 12.1 Å². The minimum absolute atomic E-state index is 0.117. The van der Waals surface area contributed by atoms with Crippen LogP contribution in [0.3, 0.4) is 0 Å².